The molecule has 1 aliphatic rings. The van der Waals surface area contributed by atoms with Gasteiger partial charge in [0.1, 0.15) is 17.3 Å². The van der Waals surface area contributed by atoms with Gasteiger partial charge in [-0.15, -0.1) is 0 Å². The van der Waals surface area contributed by atoms with Gasteiger partial charge in [0.25, 0.3) is 5.91 Å². The van der Waals surface area contributed by atoms with E-state index in [1.165, 1.54) is 6.08 Å². The molecule has 1 N–H and O–H groups in total. The van der Waals surface area contributed by atoms with E-state index in [-0.39, 0.29) is 11.8 Å². The van der Waals surface area contributed by atoms with Crippen molar-refractivity contribution < 1.29 is 18.7 Å². The van der Waals surface area contributed by atoms with Crippen molar-refractivity contribution in [3.63, 3.8) is 0 Å². The van der Waals surface area contributed by atoms with E-state index in [0.717, 1.165) is 16.8 Å². The minimum Gasteiger partial charge on any atom is -0.496 e. The van der Waals surface area contributed by atoms with E-state index >= 15 is 0 Å². The van der Waals surface area contributed by atoms with Gasteiger partial charge in [-0.1, -0.05) is 35.3 Å². The van der Waals surface area contributed by atoms with Crippen LogP contribution in [-0.4, -0.2) is 50.0 Å². The van der Waals surface area contributed by atoms with E-state index in [4.69, 9.17) is 32.4 Å². The van der Waals surface area contributed by atoms with E-state index in [1.807, 2.05) is 60.4 Å². The first kappa shape index (κ1) is 28.3. The zero-order chi connectivity index (χ0) is 28.9. The van der Waals surface area contributed by atoms with Crippen LogP contribution in [0.4, 0.5) is 11.4 Å². The largest absolute Gasteiger partial charge is 0.496 e. The number of carbonyl (C=O) groups is 2. The van der Waals surface area contributed by atoms with Gasteiger partial charge in [-0.25, -0.2) is 0 Å². The Hall–Kier alpha value is -4.20. The van der Waals surface area contributed by atoms with Crippen molar-refractivity contribution in [2.24, 2.45) is 0 Å². The Bertz CT molecular complexity index is 1590. The van der Waals surface area contributed by atoms with Crippen molar-refractivity contribution in [3.8, 4) is 17.1 Å². The maximum absolute atomic E-state index is 13.1. The number of nitrogens with one attached hydrogen (secondary N) is 1. The van der Waals surface area contributed by atoms with Crippen molar-refractivity contribution >= 4 is 52.5 Å². The van der Waals surface area contributed by atoms with Gasteiger partial charge in [-0.2, -0.15) is 0 Å². The molecule has 5 rings (SSSR count). The predicted octanol–water partition coefficient (Wildman–Crippen LogP) is 7.18. The smallest absolute Gasteiger partial charge is 0.257 e. The molecule has 0 aliphatic carbocycles. The lowest BCUT2D eigenvalue weighted by molar-refractivity contribution is -0.111. The number of amides is 2. The van der Waals surface area contributed by atoms with Crippen LogP contribution in [0.15, 0.2) is 83.3 Å². The van der Waals surface area contributed by atoms with Crippen molar-refractivity contribution in [1.29, 1.82) is 0 Å². The van der Waals surface area contributed by atoms with E-state index < -0.39 is 0 Å². The number of anilines is 2. The van der Waals surface area contributed by atoms with Gasteiger partial charge in [0, 0.05) is 59.2 Å². The van der Waals surface area contributed by atoms with Gasteiger partial charge < -0.3 is 24.3 Å². The Morgan fingerprint density at radius 1 is 0.927 bits per heavy atom. The molecule has 2 heterocycles. The summed E-state index contributed by atoms with van der Waals surface area (Å²) in [5.41, 5.74) is 4.03. The van der Waals surface area contributed by atoms with Crippen LogP contribution >= 0.6 is 23.2 Å². The Kier molecular flexibility index (Phi) is 8.67. The highest BCUT2D eigenvalue weighted by Crippen LogP contribution is 2.28. The molecular formula is C32H29Cl2N3O4. The lowest BCUT2D eigenvalue weighted by Crippen LogP contribution is -2.48. The zero-order valence-corrected chi connectivity index (χ0v) is 24.2. The lowest BCUT2D eigenvalue weighted by Gasteiger charge is -2.36. The van der Waals surface area contributed by atoms with Crippen molar-refractivity contribution in [2.75, 3.05) is 43.5 Å². The number of ether oxygens (including phenoxy) is 1. The summed E-state index contributed by atoms with van der Waals surface area (Å²) >= 11 is 12.3. The monoisotopic (exact) mass is 589 g/mol. The summed E-state index contributed by atoms with van der Waals surface area (Å²) in [5, 5.41) is 4.04. The highest BCUT2D eigenvalue weighted by Gasteiger charge is 2.24. The topological polar surface area (TPSA) is 75.0 Å². The van der Waals surface area contributed by atoms with Gasteiger partial charge >= 0.3 is 0 Å². The minimum atomic E-state index is -0.266. The summed E-state index contributed by atoms with van der Waals surface area (Å²) in [4.78, 5) is 29.6. The van der Waals surface area contributed by atoms with Crippen LogP contribution in [0.1, 0.15) is 21.7 Å². The number of halogens is 2. The second-order valence-electron chi connectivity index (χ2n) is 9.66. The van der Waals surface area contributed by atoms with Gasteiger partial charge in [0.2, 0.25) is 5.91 Å². The molecule has 2 amide bonds. The summed E-state index contributed by atoms with van der Waals surface area (Å²) in [6.45, 7) is 4.46. The van der Waals surface area contributed by atoms with Gasteiger partial charge in [-0.3, -0.25) is 9.59 Å². The SMILES string of the molecule is COc1ccc(Cl)cc1C(=O)N1CCN(c2ccc(NC(=O)/C=C/c3ccc(-c4ccc(C)c(Cl)c4)o3)cc2)CC1. The molecule has 0 bridgehead atoms. The highest BCUT2D eigenvalue weighted by molar-refractivity contribution is 6.31. The molecule has 7 nitrogen and oxygen atoms in total. The molecule has 41 heavy (non-hydrogen) atoms. The van der Waals surface area contributed by atoms with Gasteiger partial charge in [0.05, 0.1) is 12.7 Å². The van der Waals surface area contributed by atoms with Crippen LogP contribution in [0, 0.1) is 6.92 Å². The van der Waals surface area contributed by atoms with E-state index in [2.05, 4.69) is 10.2 Å². The Balaban J connectivity index is 1.13. The molecule has 1 fully saturated rings. The third kappa shape index (κ3) is 6.76. The standard InChI is InChI=1S/C32H29Cl2N3O4/c1-21-3-4-22(19-28(21)34)29-13-10-26(41-29)11-14-31(38)35-24-6-8-25(9-7-24)36-15-17-37(18-16-36)32(39)27-20-23(33)5-12-30(27)40-2/h3-14,19-20H,15-18H2,1-2H3,(H,35,38)/b14-11+. The van der Waals surface area contributed by atoms with Crippen molar-refractivity contribution in [3.05, 3.63) is 106 Å². The van der Waals surface area contributed by atoms with Crippen LogP contribution < -0.4 is 15.0 Å². The van der Waals surface area contributed by atoms with Crippen LogP contribution in [0.5, 0.6) is 5.75 Å². The van der Waals surface area contributed by atoms with Crippen molar-refractivity contribution in [2.45, 2.75) is 6.92 Å². The Labute approximate surface area is 248 Å². The molecule has 3 aromatic carbocycles. The normalized spacial score (nSPS) is 13.5. The molecule has 9 heteroatoms. The quantitative estimate of drug-likeness (QED) is 0.231. The molecular weight excluding hydrogens is 561 g/mol. The maximum atomic E-state index is 13.1. The zero-order valence-electron chi connectivity index (χ0n) is 22.7. The Morgan fingerprint density at radius 2 is 1.68 bits per heavy atom. The van der Waals surface area contributed by atoms with Gasteiger partial charge in [-0.05, 0) is 79.2 Å². The number of rotatable bonds is 7. The number of hydrogen-bond acceptors (Lipinski definition) is 5. The molecule has 0 unspecified atom stereocenters. The van der Waals surface area contributed by atoms with E-state index in [9.17, 15) is 9.59 Å². The second kappa shape index (κ2) is 12.5. The molecule has 0 saturated carbocycles. The number of benzene rings is 3. The summed E-state index contributed by atoms with van der Waals surface area (Å²) < 4.78 is 11.2. The average Bonchev–Trinajstić information content (AvgIpc) is 3.47. The third-order valence-corrected chi connectivity index (χ3v) is 7.58. The van der Waals surface area contributed by atoms with E-state index in [0.29, 0.717) is 64.7 Å². The van der Waals surface area contributed by atoms with Crippen LogP contribution in [-0.2, 0) is 4.79 Å². The van der Waals surface area contributed by atoms with Gasteiger partial charge in [0.15, 0.2) is 0 Å². The fourth-order valence-corrected chi connectivity index (χ4v) is 4.98. The first-order chi connectivity index (χ1) is 19.8. The number of nitrogens with zero attached hydrogens (tertiary/aromatic N) is 2. The number of piperazine rings is 1. The summed E-state index contributed by atoms with van der Waals surface area (Å²) in [6, 6.07) is 22.1. The molecule has 1 saturated heterocycles. The molecule has 1 aromatic heterocycles. The van der Waals surface area contributed by atoms with Crippen LogP contribution in [0.3, 0.4) is 0 Å². The van der Waals surface area contributed by atoms with Crippen molar-refractivity contribution in [1.82, 2.24) is 4.90 Å². The molecule has 210 valence electrons. The Morgan fingerprint density at radius 3 is 2.39 bits per heavy atom. The fraction of sp³-hybridized carbons (Fsp3) is 0.188. The van der Waals surface area contributed by atoms with Crippen LogP contribution in [0.2, 0.25) is 10.0 Å². The fourth-order valence-electron chi connectivity index (χ4n) is 4.63. The first-order valence-electron chi connectivity index (χ1n) is 13.1. The molecule has 0 atom stereocenters. The number of furan rings is 1. The summed E-state index contributed by atoms with van der Waals surface area (Å²) in [5.74, 6) is 1.39. The highest BCUT2D eigenvalue weighted by atomic mass is 35.5. The summed E-state index contributed by atoms with van der Waals surface area (Å²) in [6.07, 6.45) is 3.06. The molecule has 0 radical (unpaired) electrons. The molecule has 0 spiro atoms. The van der Waals surface area contributed by atoms with E-state index in [1.54, 1.807) is 37.5 Å². The first-order valence-corrected chi connectivity index (χ1v) is 13.9. The number of aryl methyl sites for hydroxylation is 1. The third-order valence-electron chi connectivity index (χ3n) is 6.94. The number of hydrogen-bond donors (Lipinski definition) is 1. The van der Waals surface area contributed by atoms with Crippen LogP contribution in [0.25, 0.3) is 17.4 Å². The average molecular weight is 591 g/mol. The number of carbonyl (C=O) groups excluding carboxylic acids is 2. The second-order valence-corrected chi connectivity index (χ2v) is 10.5. The lowest BCUT2D eigenvalue weighted by atomic mass is 10.1. The summed E-state index contributed by atoms with van der Waals surface area (Å²) in [7, 11) is 1.54. The molecule has 1 aliphatic heterocycles. The maximum Gasteiger partial charge on any atom is 0.257 e. The predicted molar refractivity (Wildman–Crippen MR) is 164 cm³/mol. The minimum absolute atomic E-state index is 0.0968. The molecule has 4 aromatic rings. The number of methoxy groups -OCH3 is 1.